The van der Waals surface area contributed by atoms with E-state index in [0.717, 1.165) is 10.5 Å². The van der Waals surface area contributed by atoms with Crippen LogP contribution in [0, 0.1) is 39.2 Å². The lowest BCUT2D eigenvalue weighted by Crippen LogP contribution is -2.48. The second kappa shape index (κ2) is 10.1. The van der Waals surface area contributed by atoms with Crippen molar-refractivity contribution in [2.75, 3.05) is 16.9 Å². The third kappa shape index (κ3) is 3.96. The fraction of sp³-hybridized carbons (Fsp3) is 0.294. The molecule has 1 N–H and O–H groups in total. The molecule has 4 amide bonds. The lowest BCUT2D eigenvalue weighted by atomic mass is 9.51. The molecule has 1 saturated carbocycles. The number of allylic oxidation sites excluding steroid dienone is 2. The molecule has 2 aliphatic carbocycles. The summed E-state index contributed by atoms with van der Waals surface area (Å²) in [5, 5.41) is 21.6. The number of fused-ring (bicyclic) bond motifs is 4. The van der Waals surface area contributed by atoms with Crippen LogP contribution >= 0.6 is 0 Å². The fourth-order valence-electron chi connectivity index (χ4n) is 8.07. The Balaban J connectivity index is 1.35. The predicted octanol–water partition coefficient (Wildman–Crippen LogP) is 4.74. The van der Waals surface area contributed by atoms with Crippen LogP contribution in [0.5, 0.6) is 11.5 Å². The maximum Gasteiger partial charge on any atom is 0.269 e. The number of non-ortho nitro benzene ring substituents is 1. The van der Waals surface area contributed by atoms with Crippen molar-refractivity contribution in [3.05, 3.63) is 100 Å². The predicted molar refractivity (Wildman–Crippen MR) is 161 cm³/mol. The molecule has 7 rings (SSSR count). The number of phenols is 1. The molecule has 3 aromatic rings. The summed E-state index contributed by atoms with van der Waals surface area (Å²) in [4.78, 5) is 69.5. The first-order valence-corrected chi connectivity index (χ1v) is 14.7. The number of hydrogen-bond donors (Lipinski definition) is 1. The molecule has 0 aromatic heterocycles. The molecule has 45 heavy (non-hydrogen) atoms. The van der Waals surface area contributed by atoms with Gasteiger partial charge in [-0.05, 0) is 67.6 Å². The molecule has 6 atom stereocenters. The molecule has 0 spiro atoms. The van der Waals surface area contributed by atoms with Gasteiger partial charge in [0.15, 0.2) is 11.5 Å². The smallest absolute Gasteiger partial charge is 0.269 e. The Kier molecular flexibility index (Phi) is 6.40. The van der Waals surface area contributed by atoms with Crippen molar-refractivity contribution in [3.63, 3.8) is 0 Å². The van der Waals surface area contributed by atoms with Crippen LogP contribution in [0.2, 0.25) is 0 Å². The van der Waals surface area contributed by atoms with E-state index in [2.05, 4.69) is 0 Å². The lowest BCUT2D eigenvalue weighted by Gasteiger charge is -2.49. The molecule has 0 radical (unpaired) electrons. The van der Waals surface area contributed by atoms with Crippen molar-refractivity contribution in [3.8, 4) is 11.5 Å². The second-order valence-electron chi connectivity index (χ2n) is 12.2. The molecular formula is C34H29N3O8. The number of ether oxygens (including phenoxy) is 1. The second-order valence-corrected chi connectivity index (χ2v) is 12.2. The van der Waals surface area contributed by atoms with Crippen LogP contribution in [-0.2, 0) is 19.2 Å². The number of nitrogens with zero attached hydrogens (tertiary/aromatic N) is 3. The summed E-state index contributed by atoms with van der Waals surface area (Å²) in [7, 11) is 1.43. The zero-order chi connectivity index (χ0) is 31.8. The highest BCUT2D eigenvalue weighted by Gasteiger charge is 2.67. The first kappa shape index (κ1) is 28.5. The highest BCUT2D eigenvalue weighted by molar-refractivity contribution is 6.25. The molecule has 3 fully saturated rings. The van der Waals surface area contributed by atoms with Gasteiger partial charge in [0.05, 0.1) is 46.6 Å². The average Bonchev–Trinajstić information content (AvgIpc) is 3.41. The third-order valence-corrected chi connectivity index (χ3v) is 10.1. The normalized spacial score (nSPS) is 28.8. The van der Waals surface area contributed by atoms with Crippen LogP contribution in [0.3, 0.4) is 0 Å². The lowest BCUT2D eigenvalue weighted by molar-refractivity contribution is -0.384. The standard InChI is InChI=1S/C34H29N3O8/c1-34-25(31(40)36(33(34)42)19-6-4-3-5-7-19)17-24-22(29(34)18-8-15-26(38)27(16-18)45-2)13-14-23-28(24)32(41)35(30(23)39)20-9-11-21(12-10-20)37(43)44/h3-13,15-16,23-25,28-29,38H,14,17H2,1-2H3/t23-,24+,25-,28-,29-,34+/m0/s1. The molecular weight excluding hydrogens is 578 g/mol. The highest BCUT2D eigenvalue weighted by atomic mass is 16.6. The van der Waals surface area contributed by atoms with Gasteiger partial charge in [-0.3, -0.25) is 34.2 Å². The van der Waals surface area contributed by atoms with Gasteiger partial charge in [-0.2, -0.15) is 0 Å². The van der Waals surface area contributed by atoms with Crippen LogP contribution in [0.4, 0.5) is 17.1 Å². The van der Waals surface area contributed by atoms with Gasteiger partial charge >= 0.3 is 0 Å². The summed E-state index contributed by atoms with van der Waals surface area (Å²) >= 11 is 0. The molecule has 228 valence electrons. The number of nitro groups is 1. The highest BCUT2D eigenvalue weighted by Crippen LogP contribution is 2.64. The Bertz CT molecular complexity index is 1820. The van der Waals surface area contributed by atoms with Gasteiger partial charge in [-0.15, -0.1) is 0 Å². The molecule has 4 aliphatic rings. The van der Waals surface area contributed by atoms with E-state index in [1.165, 1.54) is 42.3 Å². The quantitative estimate of drug-likeness (QED) is 0.189. The minimum Gasteiger partial charge on any atom is -0.504 e. The molecule has 2 heterocycles. The van der Waals surface area contributed by atoms with E-state index >= 15 is 0 Å². The number of aromatic hydroxyl groups is 1. The van der Waals surface area contributed by atoms with Crippen LogP contribution < -0.4 is 14.5 Å². The van der Waals surface area contributed by atoms with Gasteiger partial charge in [-0.25, -0.2) is 4.90 Å². The van der Waals surface area contributed by atoms with E-state index in [1.807, 2.05) is 6.08 Å². The Hall–Kier alpha value is -5.32. The molecule has 11 nitrogen and oxygen atoms in total. The SMILES string of the molecule is COc1cc([C@H]2C3=CC[C@@H]4C(=O)N(c5ccc([N+](=O)[O-])cc5)C(=O)[C@@H]4[C@@H]3C[C@H]3C(=O)N(c4ccccc4)C(=O)[C@@]23C)ccc1O. The van der Waals surface area contributed by atoms with Crippen molar-refractivity contribution < 1.29 is 33.9 Å². The van der Waals surface area contributed by atoms with Crippen LogP contribution in [0.15, 0.2) is 84.4 Å². The topological polar surface area (TPSA) is 147 Å². The molecule has 2 saturated heterocycles. The minimum atomic E-state index is -1.23. The van der Waals surface area contributed by atoms with Crippen molar-refractivity contribution in [2.45, 2.75) is 25.7 Å². The van der Waals surface area contributed by atoms with Crippen molar-refractivity contribution in [2.24, 2.45) is 29.1 Å². The Morgan fingerprint density at radius 2 is 1.58 bits per heavy atom. The maximum atomic E-state index is 14.4. The van der Waals surface area contributed by atoms with E-state index in [-0.39, 0.29) is 47.5 Å². The van der Waals surface area contributed by atoms with E-state index in [0.29, 0.717) is 11.3 Å². The number of methoxy groups -OCH3 is 1. The van der Waals surface area contributed by atoms with Crippen LogP contribution in [0.1, 0.15) is 31.2 Å². The number of carbonyl (C=O) groups excluding carboxylic acids is 4. The zero-order valence-corrected chi connectivity index (χ0v) is 24.5. The first-order valence-electron chi connectivity index (χ1n) is 14.7. The fourth-order valence-corrected chi connectivity index (χ4v) is 8.07. The summed E-state index contributed by atoms with van der Waals surface area (Å²) < 4.78 is 5.40. The number of hydrogen-bond acceptors (Lipinski definition) is 8. The number of amides is 4. The molecule has 11 heteroatoms. The number of para-hydroxylation sites is 1. The van der Waals surface area contributed by atoms with Gasteiger partial charge in [0, 0.05) is 18.1 Å². The number of phenolic OH excluding ortho intramolecular Hbond substituents is 1. The number of carbonyl (C=O) groups is 4. The van der Waals surface area contributed by atoms with Crippen molar-refractivity contribution >= 4 is 40.7 Å². The summed E-state index contributed by atoms with van der Waals surface area (Å²) in [6.45, 7) is 1.79. The van der Waals surface area contributed by atoms with E-state index in [1.54, 1.807) is 49.4 Å². The van der Waals surface area contributed by atoms with E-state index in [9.17, 15) is 34.4 Å². The van der Waals surface area contributed by atoms with Gasteiger partial charge in [0.2, 0.25) is 23.6 Å². The maximum absolute atomic E-state index is 14.4. The number of anilines is 2. The summed E-state index contributed by atoms with van der Waals surface area (Å²) in [5.74, 6) is -4.88. The third-order valence-electron chi connectivity index (χ3n) is 10.1. The number of imide groups is 2. The summed E-state index contributed by atoms with van der Waals surface area (Å²) in [6, 6.07) is 18.9. The Labute approximate surface area is 257 Å². The molecule has 2 aliphatic heterocycles. The Morgan fingerprint density at radius 1 is 0.889 bits per heavy atom. The van der Waals surface area contributed by atoms with Crippen molar-refractivity contribution in [1.82, 2.24) is 0 Å². The summed E-state index contributed by atoms with van der Waals surface area (Å²) in [5.41, 5.74) is 0.752. The summed E-state index contributed by atoms with van der Waals surface area (Å²) in [6.07, 6.45) is 2.38. The van der Waals surface area contributed by atoms with Gasteiger partial charge < -0.3 is 9.84 Å². The molecule has 3 aromatic carbocycles. The van der Waals surface area contributed by atoms with Crippen LogP contribution in [0.25, 0.3) is 0 Å². The first-order chi connectivity index (χ1) is 21.6. The van der Waals surface area contributed by atoms with Gasteiger partial charge in [0.25, 0.3) is 5.69 Å². The number of benzene rings is 3. The number of nitro benzene ring substituents is 1. The monoisotopic (exact) mass is 607 g/mol. The Morgan fingerprint density at radius 3 is 2.24 bits per heavy atom. The van der Waals surface area contributed by atoms with E-state index in [4.69, 9.17) is 4.74 Å². The minimum absolute atomic E-state index is 0.0805. The largest absolute Gasteiger partial charge is 0.504 e. The average molecular weight is 608 g/mol. The zero-order valence-electron chi connectivity index (χ0n) is 24.5. The molecule has 0 bridgehead atoms. The number of rotatable bonds is 5. The van der Waals surface area contributed by atoms with Crippen LogP contribution in [-0.4, -0.2) is 40.8 Å². The van der Waals surface area contributed by atoms with Gasteiger partial charge in [-0.1, -0.05) is 35.9 Å². The van der Waals surface area contributed by atoms with E-state index < -0.39 is 51.7 Å². The van der Waals surface area contributed by atoms with Crippen molar-refractivity contribution in [1.29, 1.82) is 0 Å². The molecule has 0 unspecified atom stereocenters. The van der Waals surface area contributed by atoms with Gasteiger partial charge in [0.1, 0.15) is 0 Å².